The summed E-state index contributed by atoms with van der Waals surface area (Å²) in [6, 6.07) is 0. The molecule has 0 heterocycles. The van der Waals surface area contributed by atoms with Crippen molar-refractivity contribution >= 4 is 0 Å². The molecule has 1 unspecified atom stereocenters. The third kappa shape index (κ3) is 14.4. The summed E-state index contributed by atoms with van der Waals surface area (Å²) in [5, 5.41) is 9.90. The minimum absolute atomic E-state index is 0.419. The van der Waals surface area contributed by atoms with Crippen LogP contribution < -0.4 is 0 Å². The van der Waals surface area contributed by atoms with Gasteiger partial charge in [-0.15, -0.1) is 0 Å². The Morgan fingerprint density at radius 1 is 0.600 bits per heavy atom. The lowest BCUT2D eigenvalue weighted by Gasteiger charge is -2.20. The Kier molecular flexibility index (Phi) is 13.9. The minimum Gasteiger partial charge on any atom is -0.390 e. The zero-order chi connectivity index (χ0) is 15.1. The van der Waals surface area contributed by atoms with E-state index < -0.39 is 5.60 Å². The van der Waals surface area contributed by atoms with Crippen LogP contribution in [0.2, 0.25) is 0 Å². The maximum Gasteiger partial charge on any atom is 0.0617 e. The van der Waals surface area contributed by atoms with E-state index in [0.29, 0.717) is 0 Å². The molecule has 0 aliphatic heterocycles. The van der Waals surface area contributed by atoms with Gasteiger partial charge >= 0.3 is 0 Å². The molecule has 0 aromatic carbocycles. The molecule has 0 spiro atoms. The number of hydrogen-bond acceptors (Lipinski definition) is 1. The highest BCUT2D eigenvalue weighted by molar-refractivity contribution is 4.69. The van der Waals surface area contributed by atoms with E-state index in [-0.39, 0.29) is 0 Å². The molecule has 0 saturated heterocycles. The molecule has 0 saturated carbocycles. The highest BCUT2D eigenvalue weighted by Crippen LogP contribution is 2.19. The quantitative estimate of drug-likeness (QED) is 0.335. The molecule has 0 amide bonds. The number of rotatable bonds is 15. The van der Waals surface area contributed by atoms with E-state index in [1.165, 1.54) is 83.5 Å². The van der Waals surface area contributed by atoms with Crippen LogP contribution in [0.5, 0.6) is 0 Å². The van der Waals surface area contributed by atoms with E-state index >= 15 is 0 Å². The molecule has 1 atom stereocenters. The maximum absolute atomic E-state index is 9.90. The summed E-state index contributed by atoms with van der Waals surface area (Å²) in [5.41, 5.74) is -0.419. The van der Waals surface area contributed by atoms with Crippen LogP contribution in [-0.4, -0.2) is 10.7 Å². The van der Waals surface area contributed by atoms with Crippen LogP contribution in [0.15, 0.2) is 0 Å². The van der Waals surface area contributed by atoms with Gasteiger partial charge in [0.2, 0.25) is 0 Å². The van der Waals surface area contributed by atoms with Crippen LogP contribution in [0, 0.1) is 0 Å². The fourth-order valence-corrected chi connectivity index (χ4v) is 2.70. The second kappa shape index (κ2) is 13.9. The lowest BCUT2D eigenvalue weighted by Crippen LogP contribution is -2.22. The highest BCUT2D eigenvalue weighted by Gasteiger charge is 2.15. The number of unbranched alkanes of at least 4 members (excludes halogenated alkanes) is 12. The summed E-state index contributed by atoms with van der Waals surface area (Å²) < 4.78 is 0. The molecule has 0 aliphatic carbocycles. The minimum atomic E-state index is -0.419. The van der Waals surface area contributed by atoms with Gasteiger partial charge in [0, 0.05) is 0 Å². The highest BCUT2D eigenvalue weighted by atomic mass is 16.3. The predicted molar refractivity (Wildman–Crippen MR) is 91.2 cm³/mol. The largest absolute Gasteiger partial charge is 0.390 e. The standard InChI is InChI=1S/C19H40O/c1-4-6-7-8-9-10-11-12-13-14-15-16-17-18-19(3,20)5-2/h20H,4-18H2,1-3H3. The van der Waals surface area contributed by atoms with Crippen LogP contribution in [0.4, 0.5) is 0 Å². The average molecular weight is 285 g/mol. The summed E-state index contributed by atoms with van der Waals surface area (Å²) in [6.07, 6.45) is 20.0. The molecular weight excluding hydrogens is 244 g/mol. The van der Waals surface area contributed by atoms with Crippen molar-refractivity contribution < 1.29 is 5.11 Å². The fraction of sp³-hybridized carbons (Fsp3) is 1.00. The van der Waals surface area contributed by atoms with Crippen molar-refractivity contribution in [1.29, 1.82) is 0 Å². The van der Waals surface area contributed by atoms with Crippen LogP contribution in [0.25, 0.3) is 0 Å². The molecular formula is C19H40O. The van der Waals surface area contributed by atoms with Gasteiger partial charge in [-0.2, -0.15) is 0 Å². The van der Waals surface area contributed by atoms with Crippen LogP contribution in [-0.2, 0) is 0 Å². The molecule has 0 aromatic rings. The number of hydrogen-bond donors (Lipinski definition) is 1. The Morgan fingerprint density at radius 3 is 1.30 bits per heavy atom. The zero-order valence-corrected chi connectivity index (χ0v) is 14.6. The Bertz CT molecular complexity index is 186. The van der Waals surface area contributed by atoms with Crippen LogP contribution in [0.3, 0.4) is 0 Å². The number of aliphatic hydroxyl groups is 1. The summed E-state index contributed by atoms with van der Waals surface area (Å²) in [4.78, 5) is 0. The molecule has 1 heteroatoms. The van der Waals surface area contributed by atoms with Gasteiger partial charge in [-0.3, -0.25) is 0 Å². The smallest absolute Gasteiger partial charge is 0.0617 e. The fourth-order valence-electron chi connectivity index (χ4n) is 2.70. The molecule has 0 fully saturated rings. The van der Waals surface area contributed by atoms with Gasteiger partial charge < -0.3 is 5.11 Å². The Labute approximate surface area is 128 Å². The third-order valence-corrected chi connectivity index (χ3v) is 4.58. The summed E-state index contributed by atoms with van der Waals surface area (Å²) in [5.74, 6) is 0. The first-order chi connectivity index (χ1) is 9.62. The van der Waals surface area contributed by atoms with E-state index in [4.69, 9.17) is 0 Å². The maximum atomic E-state index is 9.90. The van der Waals surface area contributed by atoms with Crippen molar-refractivity contribution in [2.24, 2.45) is 0 Å². The molecule has 0 aliphatic rings. The Hall–Kier alpha value is -0.0400. The van der Waals surface area contributed by atoms with Crippen molar-refractivity contribution in [3.05, 3.63) is 0 Å². The first-order valence-corrected chi connectivity index (χ1v) is 9.34. The van der Waals surface area contributed by atoms with Gasteiger partial charge in [0.15, 0.2) is 0 Å². The van der Waals surface area contributed by atoms with Gasteiger partial charge in [-0.25, -0.2) is 0 Å². The van der Waals surface area contributed by atoms with Gasteiger partial charge in [-0.05, 0) is 19.8 Å². The van der Waals surface area contributed by atoms with E-state index in [9.17, 15) is 5.11 Å². The van der Waals surface area contributed by atoms with E-state index in [1.54, 1.807) is 0 Å². The van der Waals surface area contributed by atoms with Crippen molar-refractivity contribution in [3.8, 4) is 0 Å². The predicted octanol–water partition coefficient (Wildman–Crippen LogP) is 6.63. The van der Waals surface area contributed by atoms with E-state index in [0.717, 1.165) is 12.8 Å². The summed E-state index contributed by atoms with van der Waals surface area (Å²) in [6.45, 7) is 6.32. The second-order valence-electron chi connectivity index (χ2n) is 6.84. The van der Waals surface area contributed by atoms with Gasteiger partial charge in [0.1, 0.15) is 0 Å². The van der Waals surface area contributed by atoms with Crippen molar-refractivity contribution in [2.45, 2.75) is 123 Å². The normalized spacial score (nSPS) is 14.4. The van der Waals surface area contributed by atoms with Crippen LogP contribution in [0.1, 0.15) is 117 Å². The van der Waals surface area contributed by atoms with Crippen LogP contribution >= 0.6 is 0 Å². The molecule has 1 N–H and O–H groups in total. The summed E-state index contributed by atoms with van der Waals surface area (Å²) >= 11 is 0. The van der Waals surface area contributed by atoms with Crippen molar-refractivity contribution in [3.63, 3.8) is 0 Å². The molecule has 0 bridgehead atoms. The van der Waals surface area contributed by atoms with Crippen molar-refractivity contribution in [1.82, 2.24) is 0 Å². The topological polar surface area (TPSA) is 20.2 Å². The summed E-state index contributed by atoms with van der Waals surface area (Å²) in [7, 11) is 0. The Morgan fingerprint density at radius 2 is 0.950 bits per heavy atom. The monoisotopic (exact) mass is 284 g/mol. The molecule has 1 nitrogen and oxygen atoms in total. The molecule has 20 heavy (non-hydrogen) atoms. The second-order valence-corrected chi connectivity index (χ2v) is 6.84. The first kappa shape index (κ1) is 20.0. The lowest BCUT2D eigenvalue weighted by molar-refractivity contribution is 0.0442. The first-order valence-electron chi connectivity index (χ1n) is 9.34. The molecule has 122 valence electrons. The lowest BCUT2D eigenvalue weighted by atomic mass is 9.95. The van der Waals surface area contributed by atoms with Gasteiger partial charge in [-0.1, -0.05) is 97.3 Å². The third-order valence-electron chi connectivity index (χ3n) is 4.58. The van der Waals surface area contributed by atoms with Crippen molar-refractivity contribution in [2.75, 3.05) is 0 Å². The SMILES string of the molecule is CCCCCCCCCCCCCCCC(C)(O)CC. The molecule has 0 rings (SSSR count). The molecule has 0 radical (unpaired) electrons. The molecule has 0 aromatic heterocycles. The van der Waals surface area contributed by atoms with Gasteiger partial charge in [0.05, 0.1) is 5.60 Å². The Balaban J connectivity index is 3.06. The van der Waals surface area contributed by atoms with Gasteiger partial charge in [0.25, 0.3) is 0 Å². The average Bonchev–Trinajstić information content (AvgIpc) is 2.44. The zero-order valence-electron chi connectivity index (χ0n) is 14.6. The van der Waals surface area contributed by atoms with E-state index in [2.05, 4.69) is 13.8 Å². The van der Waals surface area contributed by atoms with E-state index in [1.807, 2.05) is 6.92 Å².